The minimum Gasteiger partial charge on any atom is -0.494 e. The molecule has 0 unspecified atom stereocenters. The van der Waals surface area contributed by atoms with Crippen molar-refractivity contribution < 1.29 is 9.53 Å². The van der Waals surface area contributed by atoms with Crippen LogP contribution >= 0.6 is 0 Å². The predicted octanol–water partition coefficient (Wildman–Crippen LogP) is 4.27. The van der Waals surface area contributed by atoms with Crippen molar-refractivity contribution in [3.63, 3.8) is 0 Å². The van der Waals surface area contributed by atoms with Gasteiger partial charge in [0, 0.05) is 11.1 Å². The molecule has 2 heteroatoms. The number of hydrogen-bond acceptors (Lipinski definition) is 2. The lowest BCUT2D eigenvalue weighted by Gasteiger charge is -2.06. The highest BCUT2D eigenvalue weighted by Crippen LogP contribution is 2.16. The minimum atomic E-state index is 0.0506. The topological polar surface area (TPSA) is 26.3 Å². The SMILES string of the molecule is CCCOc1ccc(C(=O)c2ccc(CC)cc2)cc1. The van der Waals surface area contributed by atoms with E-state index in [-0.39, 0.29) is 5.78 Å². The van der Waals surface area contributed by atoms with Crippen molar-refractivity contribution in [2.75, 3.05) is 6.61 Å². The van der Waals surface area contributed by atoms with Gasteiger partial charge in [0.15, 0.2) is 5.78 Å². The molecule has 0 atom stereocenters. The Hall–Kier alpha value is -2.09. The Labute approximate surface area is 120 Å². The van der Waals surface area contributed by atoms with E-state index in [1.807, 2.05) is 48.5 Å². The lowest BCUT2D eigenvalue weighted by molar-refractivity contribution is 0.103. The van der Waals surface area contributed by atoms with Crippen molar-refractivity contribution >= 4 is 5.78 Å². The van der Waals surface area contributed by atoms with Crippen molar-refractivity contribution in [2.45, 2.75) is 26.7 Å². The predicted molar refractivity (Wildman–Crippen MR) is 81.5 cm³/mol. The van der Waals surface area contributed by atoms with Gasteiger partial charge >= 0.3 is 0 Å². The summed E-state index contributed by atoms with van der Waals surface area (Å²) >= 11 is 0. The molecule has 2 aromatic rings. The van der Waals surface area contributed by atoms with Gasteiger partial charge in [-0.15, -0.1) is 0 Å². The number of carbonyl (C=O) groups excluding carboxylic acids is 1. The van der Waals surface area contributed by atoms with Crippen LogP contribution in [-0.2, 0) is 6.42 Å². The fraction of sp³-hybridized carbons (Fsp3) is 0.278. The summed E-state index contributed by atoms with van der Waals surface area (Å²) in [6, 6.07) is 15.1. The Morgan fingerprint density at radius 3 is 1.95 bits per heavy atom. The smallest absolute Gasteiger partial charge is 0.193 e. The van der Waals surface area contributed by atoms with E-state index in [0.29, 0.717) is 12.2 Å². The molecule has 0 spiro atoms. The van der Waals surface area contributed by atoms with Crippen LogP contribution in [0.4, 0.5) is 0 Å². The van der Waals surface area contributed by atoms with E-state index in [1.165, 1.54) is 5.56 Å². The average molecular weight is 268 g/mol. The Morgan fingerprint density at radius 1 is 0.900 bits per heavy atom. The molecule has 0 aliphatic rings. The molecule has 0 aromatic heterocycles. The summed E-state index contributed by atoms with van der Waals surface area (Å²) in [6.07, 6.45) is 1.96. The van der Waals surface area contributed by atoms with E-state index in [2.05, 4.69) is 13.8 Å². The highest BCUT2D eigenvalue weighted by Gasteiger charge is 2.08. The maximum absolute atomic E-state index is 12.3. The Morgan fingerprint density at radius 2 is 1.45 bits per heavy atom. The second kappa shape index (κ2) is 6.90. The van der Waals surface area contributed by atoms with E-state index in [0.717, 1.165) is 24.2 Å². The Kier molecular flexibility index (Phi) is 4.94. The molecule has 0 bridgehead atoms. The third-order valence-electron chi connectivity index (χ3n) is 3.21. The maximum atomic E-state index is 12.3. The summed E-state index contributed by atoms with van der Waals surface area (Å²) in [5, 5.41) is 0. The normalized spacial score (nSPS) is 10.3. The summed E-state index contributed by atoms with van der Waals surface area (Å²) < 4.78 is 5.51. The van der Waals surface area contributed by atoms with Crippen LogP contribution in [0.1, 0.15) is 41.8 Å². The van der Waals surface area contributed by atoms with Gasteiger partial charge < -0.3 is 4.74 Å². The number of carbonyl (C=O) groups is 1. The summed E-state index contributed by atoms with van der Waals surface area (Å²) in [5.74, 6) is 0.861. The summed E-state index contributed by atoms with van der Waals surface area (Å²) in [6.45, 7) is 4.87. The fourth-order valence-corrected chi connectivity index (χ4v) is 1.98. The van der Waals surface area contributed by atoms with Crippen LogP contribution < -0.4 is 4.74 Å². The Bertz CT molecular complexity index is 553. The van der Waals surface area contributed by atoms with Gasteiger partial charge in [-0.1, -0.05) is 38.1 Å². The average Bonchev–Trinajstić information content (AvgIpc) is 2.53. The minimum absolute atomic E-state index is 0.0506. The first-order chi connectivity index (χ1) is 9.74. The molecular formula is C18H20O2. The van der Waals surface area contributed by atoms with Crippen LogP contribution in [0.5, 0.6) is 5.75 Å². The number of benzene rings is 2. The van der Waals surface area contributed by atoms with Crippen molar-refractivity contribution in [3.05, 3.63) is 65.2 Å². The molecule has 0 saturated carbocycles. The zero-order valence-corrected chi connectivity index (χ0v) is 12.1. The van der Waals surface area contributed by atoms with Crippen LogP contribution in [-0.4, -0.2) is 12.4 Å². The molecule has 0 N–H and O–H groups in total. The number of hydrogen-bond donors (Lipinski definition) is 0. The second-order valence-electron chi connectivity index (χ2n) is 4.75. The molecule has 0 aliphatic heterocycles. The maximum Gasteiger partial charge on any atom is 0.193 e. The van der Waals surface area contributed by atoms with Gasteiger partial charge in [-0.3, -0.25) is 4.79 Å². The standard InChI is InChI=1S/C18H20O2/c1-3-13-20-17-11-9-16(10-12-17)18(19)15-7-5-14(4-2)6-8-15/h5-12H,3-4,13H2,1-2H3. The van der Waals surface area contributed by atoms with Crippen LogP contribution in [0.2, 0.25) is 0 Å². The summed E-state index contributed by atoms with van der Waals surface area (Å²) in [4.78, 5) is 12.3. The van der Waals surface area contributed by atoms with Gasteiger partial charge in [0.25, 0.3) is 0 Å². The summed E-state index contributed by atoms with van der Waals surface area (Å²) in [7, 11) is 0. The van der Waals surface area contributed by atoms with Crippen LogP contribution in [0.25, 0.3) is 0 Å². The Balaban J connectivity index is 2.11. The third kappa shape index (κ3) is 3.47. The van der Waals surface area contributed by atoms with Crippen molar-refractivity contribution in [2.24, 2.45) is 0 Å². The molecular weight excluding hydrogens is 248 g/mol. The van der Waals surface area contributed by atoms with E-state index in [1.54, 1.807) is 0 Å². The molecule has 0 heterocycles. The van der Waals surface area contributed by atoms with E-state index >= 15 is 0 Å². The number of aryl methyl sites for hydroxylation is 1. The van der Waals surface area contributed by atoms with Crippen molar-refractivity contribution in [3.8, 4) is 5.75 Å². The highest BCUT2D eigenvalue weighted by molar-refractivity contribution is 6.09. The first-order valence-corrected chi connectivity index (χ1v) is 7.11. The molecule has 0 saturated heterocycles. The molecule has 2 rings (SSSR count). The van der Waals surface area contributed by atoms with Gasteiger partial charge in [-0.25, -0.2) is 0 Å². The quantitative estimate of drug-likeness (QED) is 0.731. The van der Waals surface area contributed by atoms with Crippen LogP contribution in [0, 0.1) is 0 Å². The molecule has 2 nitrogen and oxygen atoms in total. The lowest BCUT2D eigenvalue weighted by atomic mass is 10.0. The molecule has 0 aliphatic carbocycles. The summed E-state index contributed by atoms with van der Waals surface area (Å²) in [5.41, 5.74) is 2.66. The molecule has 0 radical (unpaired) electrons. The number of ether oxygens (including phenoxy) is 1. The first kappa shape index (κ1) is 14.3. The molecule has 0 amide bonds. The third-order valence-corrected chi connectivity index (χ3v) is 3.21. The van der Waals surface area contributed by atoms with Gasteiger partial charge in [0.1, 0.15) is 5.75 Å². The fourth-order valence-electron chi connectivity index (χ4n) is 1.98. The van der Waals surface area contributed by atoms with E-state index in [4.69, 9.17) is 4.74 Å². The lowest BCUT2D eigenvalue weighted by Crippen LogP contribution is -2.02. The van der Waals surface area contributed by atoms with Gasteiger partial charge in [0.2, 0.25) is 0 Å². The largest absolute Gasteiger partial charge is 0.494 e. The van der Waals surface area contributed by atoms with E-state index < -0.39 is 0 Å². The molecule has 0 fully saturated rings. The van der Waals surface area contributed by atoms with Gasteiger partial charge in [0.05, 0.1) is 6.61 Å². The molecule has 104 valence electrons. The highest BCUT2D eigenvalue weighted by atomic mass is 16.5. The number of rotatable bonds is 6. The monoisotopic (exact) mass is 268 g/mol. The number of ketones is 1. The first-order valence-electron chi connectivity index (χ1n) is 7.11. The van der Waals surface area contributed by atoms with Gasteiger partial charge in [-0.05, 0) is 42.7 Å². The van der Waals surface area contributed by atoms with Crippen molar-refractivity contribution in [1.82, 2.24) is 0 Å². The van der Waals surface area contributed by atoms with E-state index in [9.17, 15) is 4.79 Å². The second-order valence-corrected chi connectivity index (χ2v) is 4.75. The van der Waals surface area contributed by atoms with Crippen molar-refractivity contribution in [1.29, 1.82) is 0 Å². The molecule has 20 heavy (non-hydrogen) atoms. The zero-order chi connectivity index (χ0) is 14.4. The van der Waals surface area contributed by atoms with Gasteiger partial charge in [-0.2, -0.15) is 0 Å². The van der Waals surface area contributed by atoms with Crippen LogP contribution in [0.15, 0.2) is 48.5 Å². The zero-order valence-electron chi connectivity index (χ0n) is 12.1. The molecule has 2 aromatic carbocycles. The van der Waals surface area contributed by atoms with Crippen LogP contribution in [0.3, 0.4) is 0 Å².